The molecule has 7 nitrogen and oxygen atoms in total. The van der Waals surface area contributed by atoms with Crippen molar-refractivity contribution in [1.29, 1.82) is 0 Å². The van der Waals surface area contributed by atoms with Crippen molar-refractivity contribution in [3.63, 3.8) is 0 Å². The summed E-state index contributed by atoms with van der Waals surface area (Å²) in [6.45, 7) is 5.83. The lowest BCUT2D eigenvalue weighted by atomic mass is 10.1. The maximum absolute atomic E-state index is 12.9. The molecule has 1 heterocycles. The van der Waals surface area contributed by atoms with Crippen LogP contribution in [0, 0.1) is 20.8 Å². The number of aromatic nitrogens is 2. The second-order valence-corrected chi connectivity index (χ2v) is 9.47. The van der Waals surface area contributed by atoms with Gasteiger partial charge in [0.25, 0.3) is 15.6 Å². The Morgan fingerprint density at radius 3 is 2.27 bits per heavy atom. The minimum absolute atomic E-state index is 0.125. The Balaban J connectivity index is 1.56. The van der Waals surface area contributed by atoms with Crippen molar-refractivity contribution < 1.29 is 8.42 Å². The number of anilines is 1. The molecule has 0 atom stereocenters. The molecule has 168 valence electrons. The van der Waals surface area contributed by atoms with Gasteiger partial charge in [-0.1, -0.05) is 24.3 Å². The van der Waals surface area contributed by atoms with Gasteiger partial charge in [-0.25, -0.2) is 13.1 Å². The smallest absolute Gasteiger partial charge is 0.280 e. The summed E-state index contributed by atoms with van der Waals surface area (Å²) in [5.41, 5.74) is 4.95. The van der Waals surface area contributed by atoms with E-state index in [2.05, 4.69) is 14.8 Å². The van der Waals surface area contributed by atoms with Gasteiger partial charge in [-0.15, -0.1) is 0 Å². The van der Waals surface area contributed by atoms with Gasteiger partial charge in [0.15, 0.2) is 0 Å². The molecule has 4 rings (SSSR count). The first-order chi connectivity index (χ1) is 15.7. The topological polar surface area (TPSA) is 96.3 Å². The number of nitrogens with one attached hydrogen (secondary N) is 2. The zero-order chi connectivity index (χ0) is 23.6. The highest BCUT2D eigenvalue weighted by Crippen LogP contribution is 2.20. The molecule has 0 saturated carbocycles. The van der Waals surface area contributed by atoms with Crippen molar-refractivity contribution in [1.82, 2.24) is 9.78 Å². The quantitative estimate of drug-likeness (QED) is 0.410. The highest BCUT2D eigenvalue weighted by atomic mass is 32.2. The lowest BCUT2D eigenvalue weighted by Crippen LogP contribution is -2.17. The first kappa shape index (κ1) is 22.3. The van der Waals surface area contributed by atoms with Crippen LogP contribution in [0.15, 0.2) is 87.5 Å². The Morgan fingerprint density at radius 2 is 1.61 bits per heavy atom. The normalized spacial score (nSPS) is 11.7. The SMILES string of the molecule is Cc1ccc(-n2[nH]c(C)c(C=Nc3ccc(S(=O)(=O)Nc4ccccc4)cc3)c2=O)cc1C. The third-order valence-electron chi connectivity index (χ3n) is 5.38. The molecule has 1 aromatic heterocycles. The zero-order valence-electron chi connectivity index (χ0n) is 18.5. The molecule has 33 heavy (non-hydrogen) atoms. The van der Waals surface area contributed by atoms with Gasteiger partial charge in [0.1, 0.15) is 0 Å². The Labute approximate surface area is 192 Å². The number of aryl methyl sites for hydroxylation is 3. The van der Waals surface area contributed by atoms with Crippen LogP contribution in [0.5, 0.6) is 0 Å². The van der Waals surface area contributed by atoms with Crippen molar-refractivity contribution >= 4 is 27.6 Å². The van der Waals surface area contributed by atoms with E-state index in [0.29, 0.717) is 22.6 Å². The van der Waals surface area contributed by atoms with E-state index in [4.69, 9.17) is 0 Å². The molecule has 0 unspecified atom stereocenters. The molecule has 0 aliphatic heterocycles. The van der Waals surface area contributed by atoms with Crippen LogP contribution in [0.2, 0.25) is 0 Å². The summed E-state index contributed by atoms with van der Waals surface area (Å²) in [7, 11) is -3.70. The Morgan fingerprint density at radius 1 is 0.909 bits per heavy atom. The molecule has 0 bridgehead atoms. The molecule has 0 saturated heterocycles. The Hall–Kier alpha value is -3.91. The van der Waals surface area contributed by atoms with Gasteiger partial charge >= 0.3 is 0 Å². The van der Waals surface area contributed by atoms with E-state index < -0.39 is 10.0 Å². The number of sulfonamides is 1. The van der Waals surface area contributed by atoms with Crippen LogP contribution in [0.25, 0.3) is 5.69 Å². The van der Waals surface area contributed by atoms with E-state index in [0.717, 1.165) is 16.8 Å². The molecule has 0 aliphatic rings. The number of benzene rings is 3. The molecule has 8 heteroatoms. The summed E-state index contributed by atoms with van der Waals surface area (Å²) >= 11 is 0. The number of aromatic amines is 1. The summed E-state index contributed by atoms with van der Waals surface area (Å²) in [5, 5.41) is 3.09. The largest absolute Gasteiger partial charge is 0.295 e. The molecule has 4 aromatic rings. The Kier molecular flexibility index (Phi) is 6.02. The number of aliphatic imine (C=N–C) groups is 1. The lowest BCUT2D eigenvalue weighted by Gasteiger charge is -2.07. The fourth-order valence-corrected chi connectivity index (χ4v) is 4.39. The van der Waals surface area contributed by atoms with Crippen LogP contribution >= 0.6 is 0 Å². The minimum atomic E-state index is -3.70. The predicted octanol–water partition coefficient (Wildman–Crippen LogP) is 4.64. The summed E-state index contributed by atoms with van der Waals surface area (Å²) in [4.78, 5) is 17.4. The first-order valence-corrected chi connectivity index (χ1v) is 11.8. The number of H-pyrrole nitrogens is 1. The molecule has 0 fully saturated rings. The van der Waals surface area contributed by atoms with Gasteiger partial charge in [0, 0.05) is 17.6 Å². The van der Waals surface area contributed by atoms with Crippen molar-refractivity contribution in [3.05, 3.63) is 106 Å². The van der Waals surface area contributed by atoms with E-state index in [9.17, 15) is 13.2 Å². The highest BCUT2D eigenvalue weighted by molar-refractivity contribution is 7.92. The van der Waals surface area contributed by atoms with Crippen LogP contribution in [0.3, 0.4) is 0 Å². The lowest BCUT2D eigenvalue weighted by molar-refractivity contribution is 0.601. The van der Waals surface area contributed by atoms with E-state index in [1.807, 2.05) is 45.0 Å². The maximum atomic E-state index is 12.9. The number of rotatable bonds is 6. The monoisotopic (exact) mass is 460 g/mol. The highest BCUT2D eigenvalue weighted by Gasteiger charge is 2.14. The second kappa shape index (κ2) is 8.91. The predicted molar refractivity (Wildman–Crippen MR) is 132 cm³/mol. The van der Waals surface area contributed by atoms with Crippen LogP contribution in [0.1, 0.15) is 22.4 Å². The van der Waals surface area contributed by atoms with Crippen LogP contribution in [-0.2, 0) is 10.0 Å². The van der Waals surface area contributed by atoms with E-state index in [1.54, 1.807) is 36.4 Å². The average molecular weight is 461 g/mol. The molecule has 0 radical (unpaired) electrons. The van der Waals surface area contributed by atoms with Crippen LogP contribution in [-0.4, -0.2) is 24.4 Å². The molecule has 0 spiro atoms. The van der Waals surface area contributed by atoms with Gasteiger partial charge in [0.2, 0.25) is 0 Å². The summed E-state index contributed by atoms with van der Waals surface area (Å²) < 4.78 is 29.2. The molecular formula is C25H24N4O3S. The van der Waals surface area contributed by atoms with Crippen LogP contribution in [0.4, 0.5) is 11.4 Å². The fourth-order valence-electron chi connectivity index (χ4n) is 3.33. The van der Waals surface area contributed by atoms with Crippen molar-refractivity contribution in [2.45, 2.75) is 25.7 Å². The summed E-state index contributed by atoms with van der Waals surface area (Å²) in [6.07, 6.45) is 1.50. The second-order valence-electron chi connectivity index (χ2n) is 7.78. The zero-order valence-corrected chi connectivity index (χ0v) is 19.3. The fraction of sp³-hybridized carbons (Fsp3) is 0.120. The number of nitrogens with zero attached hydrogens (tertiary/aromatic N) is 2. The molecule has 2 N–H and O–H groups in total. The van der Waals surface area contributed by atoms with Crippen molar-refractivity contribution in [2.75, 3.05) is 4.72 Å². The van der Waals surface area contributed by atoms with Gasteiger partial charge in [-0.05, 0) is 80.4 Å². The average Bonchev–Trinajstić information content (AvgIpc) is 3.08. The van der Waals surface area contributed by atoms with E-state index >= 15 is 0 Å². The third-order valence-corrected chi connectivity index (χ3v) is 6.78. The molecule has 3 aromatic carbocycles. The minimum Gasteiger partial charge on any atom is -0.295 e. The van der Waals surface area contributed by atoms with Crippen molar-refractivity contribution in [3.8, 4) is 5.69 Å². The van der Waals surface area contributed by atoms with Crippen molar-refractivity contribution in [2.24, 2.45) is 4.99 Å². The number of para-hydroxylation sites is 1. The number of hydrogen-bond acceptors (Lipinski definition) is 4. The van der Waals surface area contributed by atoms with Gasteiger partial charge in [0.05, 0.1) is 21.8 Å². The molecule has 0 amide bonds. The van der Waals surface area contributed by atoms with E-state index in [-0.39, 0.29) is 10.5 Å². The third kappa shape index (κ3) is 4.80. The molecule has 0 aliphatic carbocycles. The van der Waals surface area contributed by atoms with Gasteiger partial charge in [-0.3, -0.25) is 19.6 Å². The maximum Gasteiger partial charge on any atom is 0.280 e. The van der Waals surface area contributed by atoms with Crippen LogP contribution < -0.4 is 10.3 Å². The first-order valence-electron chi connectivity index (χ1n) is 10.4. The van der Waals surface area contributed by atoms with Gasteiger partial charge < -0.3 is 0 Å². The number of hydrogen-bond donors (Lipinski definition) is 2. The standard InChI is InChI=1S/C25H24N4O3S/c1-17-9-12-22(15-18(17)2)29-25(30)24(19(3)27-29)16-26-20-10-13-23(14-11-20)33(31,32)28-21-7-5-4-6-8-21/h4-16,27-28H,1-3H3. The Bertz CT molecular complexity index is 1480. The molecular weight excluding hydrogens is 436 g/mol. The summed E-state index contributed by atoms with van der Waals surface area (Å²) in [5.74, 6) is 0. The van der Waals surface area contributed by atoms with E-state index in [1.165, 1.54) is 23.0 Å². The summed E-state index contributed by atoms with van der Waals surface area (Å²) in [6, 6.07) is 20.7. The van der Waals surface area contributed by atoms with Gasteiger partial charge in [-0.2, -0.15) is 0 Å².